The van der Waals surface area contributed by atoms with Gasteiger partial charge in [0, 0.05) is 18.8 Å². The maximum absolute atomic E-state index is 16.0. The molecule has 0 spiro atoms. The lowest BCUT2D eigenvalue weighted by atomic mass is 9.71. The highest BCUT2D eigenvalue weighted by molar-refractivity contribution is 6.28. The van der Waals surface area contributed by atoms with E-state index in [1.807, 2.05) is 0 Å². The Morgan fingerprint density at radius 1 is 1.11 bits per heavy atom. The van der Waals surface area contributed by atoms with Crippen LogP contribution >= 0.6 is 0 Å². The normalized spacial score (nSPS) is 16.5. The summed E-state index contributed by atoms with van der Waals surface area (Å²) in [6, 6.07) is 8.57. The van der Waals surface area contributed by atoms with E-state index in [2.05, 4.69) is 16.6 Å². The third-order valence-corrected chi connectivity index (χ3v) is 4.82. The Bertz CT molecular complexity index is 728. The summed E-state index contributed by atoms with van der Waals surface area (Å²) in [6.07, 6.45) is 4.35. The minimum absolute atomic E-state index is 0.0538. The van der Waals surface area contributed by atoms with Crippen LogP contribution in [0.3, 0.4) is 0 Å². The summed E-state index contributed by atoms with van der Waals surface area (Å²) in [5.41, 5.74) is -1.62. The van der Waals surface area contributed by atoms with E-state index in [1.165, 1.54) is 0 Å². The smallest absolute Gasteiger partial charge is 0.418 e. The Hall–Kier alpha value is -2.68. The molecule has 0 amide bonds. The molecule has 1 atom stereocenters. The van der Waals surface area contributed by atoms with Crippen LogP contribution in [0.5, 0.6) is 0 Å². The Kier molecular flexibility index (Phi) is 7.54. The van der Waals surface area contributed by atoms with Crippen LogP contribution in [0.2, 0.25) is 0 Å². The molecule has 0 heterocycles. The van der Waals surface area contributed by atoms with E-state index in [-0.39, 0.29) is 25.4 Å². The number of esters is 1. The number of rotatable bonds is 6. The highest BCUT2D eigenvalue weighted by Crippen LogP contribution is 2.43. The van der Waals surface area contributed by atoms with Gasteiger partial charge in [0.25, 0.3) is 0 Å². The van der Waals surface area contributed by atoms with Crippen molar-refractivity contribution in [3.05, 3.63) is 35.9 Å². The second-order valence-corrected chi connectivity index (χ2v) is 6.57. The number of ketones is 1. The Morgan fingerprint density at radius 3 is 2.41 bits per heavy atom. The molecule has 1 aromatic rings. The van der Waals surface area contributed by atoms with Gasteiger partial charge >= 0.3 is 11.9 Å². The van der Waals surface area contributed by atoms with Crippen LogP contribution in [0.4, 0.5) is 4.39 Å². The van der Waals surface area contributed by atoms with Gasteiger partial charge in [0.2, 0.25) is 0 Å². The molecule has 0 bridgehead atoms. The van der Waals surface area contributed by atoms with Gasteiger partial charge in [-0.25, -0.2) is 14.0 Å². The molecule has 27 heavy (non-hydrogen) atoms. The van der Waals surface area contributed by atoms with Crippen LogP contribution in [0, 0.1) is 17.8 Å². The van der Waals surface area contributed by atoms with Crippen molar-refractivity contribution in [2.45, 2.75) is 50.6 Å². The van der Waals surface area contributed by atoms with E-state index in [0.717, 1.165) is 19.3 Å². The molecule has 1 fully saturated rings. The third-order valence-electron chi connectivity index (χ3n) is 4.82. The van der Waals surface area contributed by atoms with Crippen LogP contribution in [-0.2, 0) is 24.8 Å². The molecule has 1 saturated carbocycles. The molecule has 1 aliphatic rings. The van der Waals surface area contributed by atoms with Crippen LogP contribution in [0.25, 0.3) is 0 Å². The summed E-state index contributed by atoms with van der Waals surface area (Å²) in [6.45, 7) is -0.374. The zero-order valence-electron chi connectivity index (χ0n) is 15.1. The lowest BCUT2D eigenvalue weighted by Gasteiger charge is -2.35. The number of benzene rings is 1. The summed E-state index contributed by atoms with van der Waals surface area (Å²) >= 11 is 0. The van der Waals surface area contributed by atoms with E-state index < -0.39 is 23.4 Å². The molecule has 5 nitrogen and oxygen atoms in total. The van der Waals surface area contributed by atoms with Crippen molar-refractivity contribution in [1.82, 2.24) is 0 Å². The topological polar surface area (TPSA) is 80.7 Å². The molecule has 144 valence electrons. The number of carboxylic acid groups (broad SMARTS) is 1. The van der Waals surface area contributed by atoms with Gasteiger partial charge in [-0.1, -0.05) is 61.4 Å². The fourth-order valence-electron chi connectivity index (χ4n) is 3.47. The summed E-state index contributed by atoms with van der Waals surface area (Å²) in [7, 11) is 0. The number of hydrogen-bond donors (Lipinski definition) is 1. The van der Waals surface area contributed by atoms with Crippen LogP contribution < -0.4 is 0 Å². The predicted octanol–water partition coefficient (Wildman–Crippen LogP) is 3.41. The first-order chi connectivity index (χ1) is 13.0. The number of halogens is 1. The molecule has 1 unspecified atom stereocenters. The lowest BCUT2D eigenvalue weighted by molar-refractivity contribution is -0.162. The average Bonchev–Trinajstić information content (AvgIpc) is 2.70. The SMILES string of the molecule is O=C(O)C(=O)OCC#CCCC(=O)C(F)(c1ccccc1)C1CCCCC1. The number of alkyl halides is 1. The Morgan fingerprint density at radius 2 is 1.78 bits per heavy atom. The Labute approximate surface area is 157 Å². The number of aliphatic carboxylic acids is 1. The van der Waals surface area contributed by atoms with Gasteiger partial charge in [-0.3, -0.25) is 4.79 Å². The monoisotopic (exact) mass is 374 g/mol. The van der Waals surface area contributed by atoms with E-state index in [1.54, 1.807) is 30.3 Å². The first kappa shape index (κ1) is 20.6. The van der Waals surface area contributed by atoms with Gasteiger partial charge < -0.3 is 9.84 Å². The fraction of sp³-hybridized carbons (Fsp3) is 0.476. The average molecular weight is 374 g/mol. The van der Waals surface area contributed by atoms with Gasteiger partial charge in [-0.05, 0) is 18.4 Å². The van der Waals surface area contributed by atoms with Gasteiger partial charge in [0.15, 0.2) is 18.1 Å². The van der Waals surface area contributed by atoms with Gasteiger partial charge in [0.05, 0.1) is 0 Å². The first-order valence-electron chi connectivity index (χ1n) is 9.09. The molecule has 0 aliphatic heterocycles. The number of carboxylic acids is 1. The van der Waals surface area contributed by atoms with E-state index in [4.69, 9.17) is 5.11 Å². The van der Waals surface area contributed by atoms with E-state index in [9.17, 15) is 14.4 Å². The number of hydrogen-bond acceptors (Lipinski definition) is 4. The molecular formula is C21H23FO5. The highest BCUT2D eigenvalue weighted by Gasteiger charge is 2.46. The number of ether oxygens (including phenoxy) is 1. The minimum Gasteiger partial charge on any atom is -0.473 e. The largest absolute Gasteiger partial charge is 0.473 e. The second kappa shape index (κ2) is 9.86. The van der Waals surface area contributed by atoms with Crippen molar-refractivity contribution in [3.63, 3.8) is 0 Å². The van der Waals surface area contributed by atoms with E-state index >= 15 is 4.39 Å². The molecular weight excluding hydrogens is 351 g/mol. The van der Waals surface area contributed by atoms with Gasteiger partial charge in [-0.15, -0.1) is 0 Å². The number of carbonyl (C=O) groups is 3. The molecule has 0 saturated heterocycles. The predicted molar refractivity (Wildman–Crippen MR) is 96.4 cm³/mol. The van der Waals surface area contributed by atoms with Crippen LogP contribution in [0.15, 0.2) is 30.3 Å². The molecule has 1 aromatic carbocycles. The highest BCUT2D eigenvalue weighted by atomic mass is 19.1. The molecule has 0 aromatic heterocycles. The molecule has 2 rings (SSSR count). The maximum atomic E-state index is 16.0. The first-order valence-corrected chi connectivity index (χ1v) is 9.09. The number of carbonyl (C=O) groups excluding carboxylic acids is 2. The van der Waals surface area contributed by atoms with Crippen LogP contribution in [0.1, 0.15) is 50.5 Å². The zero-order valence-corrected chi connectivity index (χ0v) is 15.1. The third kappa shape index (κ3) is 5.40. The van der Waals surface area contributed by atoms with Gasteiger partial charge in [0.1, 0.15) is 0 Å². The summed E-state index contributed by atoms with van der Waals surface area (Å²) in [5, 5.41) is 8.37. The number of Topliss-reactive ketones (excluding diaryl/α,β-unsaturated/α-hetero) is 1. The molecule has 6 heteroatoms. The summed E-state index contributed by atoms with van der Waals surface area (Å²) in [4.78, 5) is 33.8. The molecule has 1 aliphatic carbocycles. The summed E-state index contributed by atoms with van der Waals surface area (Å²) < 4.78 is 20.4. The van der Waals surface area contributed by atoms with Crippen LogP contribution in [-0.4, -0.2) is 29.4 Å². The van der Waals surface area contributed by atoms with Crippen molar-refractivity contribution in [1.29, 1.82) is 0 Å². The van der Waals surface area contributed by atoms with E-state index in [0.29, 0.717) is 18.4 Å². The lowest BCUT2D eigenvalue weighted by Crippen LogP contribution is -2.40. The second-order valence-electron chi connectivity index (χ2n) is 6.57. The van der Waals surface area contributed by atoms with Gasteiger partial charge in [-0.2, -0.15) is 0 Å². The Balaban J connectivity index is 2.01. The van der Waals surface area contributed by atoms with Crippen molar-refractivity contribution in [2.75, 3.05) is 6.61 Å². The van der Waals surface area contributed by atoms with Crippen molar-refractivity contribution in [2.24, 2.45) is 5.92 Å². The minimum atomic E-state index is -2.01. The molecule has 1 N–H and O–H groups in total. The quantitative estimate of drug-likeness (QED) is 0.469. The summed E-state index contributed by atoms with van der Waals surface area (Å²) in [5.74, 6) is 1.20. The standard InChI is InChI=1S/C21H23FO5/c22-21(16-10-4-1-5-11-16,17-12-6-2-7-13-17)18(23)14-8-3-9-15-27-20(26)19(24)25/h1,4-5,10-11,17H,2,6-8,12-15H2,(H,24,25). The van der Waals surface area contributed by atoms with Crippen molar-refractivity contribution < 1.29 is 28.6 Å². The maximum Gasteiger partial charge on any atom is 0.418 e. The van der Waals surface area contributed by atoms with Crippen molar-refractivity contribution in [3.8, 4) is 11.8 Å². The zero-order chi connectivity index (χ0) is 19.7. The van der Waals surface area contributed by atoms with Crippen molar-refractivity contribution >= 4 is 17.7 Å². The molecule has 0 radical (unpaired) electrons. The fourth-order valence-corrected chi connectivity index (χ4v) is 3.47.